The summed E-state index contributed by atoms with van der Waals surface area (Å²) in [6, 6.07) is 21.2. The van der Waals surface area contributed by atoms with Crippen molar-refractivity contribution in [3.05, 3.63) is 83.4 Å². The summed E-state index contributed by atoms with van der Waals surface area (Å²) in [5.74, 6) is 2.17. The fourth-order valence-corrected chi connectivity index (χ4v) is 3.82. The van der Waals surface area contributed by atoms with Crippen molar-refractivity contribution in [2.75, 3.05) is 33.2 Å². The van der Waals surface area contributed by atoms with Crippen molar-refractivity contribution in [1.29, 1.82) is 0 Å². The number of fused-ring (bicyclic) bond motifs is 1. The second-order valence-electron chi connectivity index (χ2n) is 7.34. The lowest BCUT2D eigenvalue weighted by Gasteiger charge is -2.38. The number of para-hydroxylation sites is 1. The van der Waals surface area contributed by atoms with Crippen LogP contribution in [-0.2, 0) is 6.42 Å². The fourth-order valence-electron chi connectivity index (χ4n) is 3.82. The molecule has 31 heavy (non-hydrogen) atoms. The molecule has 0 aliphatic carbocycles. The van der Waals surface area contributed by atoms with Gasteiger partial charge in [-0.3, -0.25) is 4.79 Å². The van der Waals surface area contributed by atoms with Crippen LogP contribution >= 0.6 is 0 Å². The van der Waals surface area contributed by atoms with Crippen LogP contribution < -0.4 is 19.5 Å². The molecule has 0 bridgehead atoms. The van der Waals surface area contributed by atoms with E-state index in [0.717, 1.165) is 29.0 Å². The highest BCUT2D eigenvalue weighted by Gasteiger charge is 2.33. The quantitative estimate of drug-likeness (QED) is 0.611. The third-order valence-corrected chi connectivity index (χ3v) is 5.51. The van der Waals surface area contributed by atoms with E-state index in [1.165, 1.54) is 0 Å². The molecule has 0 saturated carbocycles. The molecule has 0 aromatic heterocycles. The minimum Gasteiger partial charge on any atom is -0.497 e. The number of amides is 1. The van der Waals surface area contributed by atoms with Crippen molar-refractivity contribution in [2.24, 2.45) is 0 Å². The molecular formula is C25H26N2O4. The predicted molar refractivity (Wildman–Crippen MR) is 120 cm³/mol. The average Bonchev–Trinajstić information content (AvgIpc) is 2.83. The number of carbonyl (C=O) groups is 1. The van der Waals surface area contributed by atoms with Crippen LogP contribution in [0, 0.1) is 0 Å². The highest BCUT2D eigenvalue weighted by molar-refractivity contribution is 6.01. The first-order chi connectivity index (χ1) is 15.1. The SMILES string of the molecule is COc1ccc(CCN2C(=O)c3ccccc3N[C@@H]2c2cc(OC)cc(OC)c2)cc1. The molecular weight excluding hydrogens is 392 g/mol. The number of ether oxygens (including phenoxy) is 3. The maximum Gasteiger partial charge on any atom is 0.257 e. The zero-order valence-electron chi connectivity index (χ0n) is 17.9. The maximum absolute atomic E-state index is 13.4. The molecule has 1 N–H and O–H groups in total. The van der Waals surface area contributed by atoms with Crippen molar-refractivity contribution >= 4 is 11.6 Å². The number of nitrogens with zero attached hydrogens (tertiary/aromatic N) is 1. The van der Waals surface area contributed by atoms with E-state index in [-0.39, 0.29) is 12.1 Å². The second-order valence-corrected chi connectivity index (χ2v) is 7.34. The number of nitrogens with one attached hydrogen (secondary N) is 1. The van der Waals surface area contributed by atoms with Crippen LogP contribution in [0.5, 0.6) is 17.2 Å². The summed E-state index contributed by atoms with van der Waals surface area (Å²) in [5, 5.41) is 3.52. The number of carbonyl (C=O) groups excluding carboxylic acids is 1. The van der Waals surface area contributed by atoms with Crippen molar-refractivity contribution in [3.8, 4) is 17.2 Å². The average molecular weight is 418 g/mol. The Bertz CT molecular complexity index is 1040. The molecule has 1 amide bonds. The third-order valence-electron chi connectivity index (χ3n) is 5.51. The summed E-state index contributed by atoms with van der Waals surface area (Å²) in [4.78, 5) is 15.3. The second kappa shape index (κ2) is 9.00. The normalized spacial score (nSPS) is 15.1. The Kier molecular flexibility index (Phi) is 5.98. The highest BCUT2D eigenvalue weighted by Crippen LogP contribution is 2.36. The van der Waals surface area contributed by atoms with Gasteiger partial charge in [0.1, 0.15) is 23.4 Å². The summed E-state index contributed by atoms with van der Waals surface area (Å²) >= 11 is 0. The minimum absolute atomic E-state index is 0.00496. The summed E-state index contributed by atoms with van der Waals surface area (Å²) in [6.45, 7) is 0.552. The van der Waals surface area contributed by atoms with Crippen LogP contribution in [0.2, 0.25) is 0 Å². The Morgan fingerprint density at radius 2 is 1.48 bits per heavy atom. The van der Waals surface area contributed by atoms with Crippen LogP contribution in [0.25, 0.3) is 0 Å². The summed E-state index contributed by atoms with van der Waals surface area (Å²) in [5.41, 5.74) is 3.52. The summed E-state index contributed by atoms with van der Waals surface area (Å²) in [7, 11) is 4.89. The molecule has 0 radical (unpaired) electrons. The molecule has 1 atom stereocenters. The molecule has 0 fully saturated rings. The Hall–Kier alpha value is -3.67. The number of hydrogen-bond acceptors (Lipinski definition) is 5. The largest absolute Gasteiger partial charge is 0.497 e. The van der Waals surface area contributed by atoms with Gasteiger partial charge >= 0.3 is 0 Å². The van der Waals surface area contributed by atoms with E-state index in [2.05, 4.69) is 5.32 Å². The van der Waals surface area contributed by atoms with Gasteiger partial charge in [0.2, 0.25) is 0 Å². The van der Waals surface area contributed by atoms with Crippen LogP contribution in [0.3, 0.4) is 0 Å². The molecule has 0 unspecified atom stereocenters. The summed E-state index contributed by atoms with van der Waals surface area (Å²) < 4.78 is 16.1. The lowest BCUT2D eigenvalue weighted by atomic mass is 10.0. The Morgan fingerprint density at radius 3 is 2.13 bits per heavy atom. The molecule has 1 aliphatic heterocycles. The van der Waals surface area contributed by atoms with E-state index < -0.39 is 0 Å². The molecule has 3 aromatic carbocycles. The zero-order chi connectivity index (χ0) is 21.8. The molecule has 6 nitrogen and oxygen atoms in total. The van der Waals surface area contributed by atoms with E-state index in [9.17, 15) is 4.79 Å². The number of anilines is 1. The first-order valence-electron chi connectivity index (χ1n) is 10.2. The van der Waals surface area contributed by atoms with Crippen LogP contribution in [0.1, 0.15) is 27.7 Å². The van der Waals surface area contributed by atoms with Gasteiger partial charge in [-0.1, -0.05) is 24.3 Å². The number of hydrogen-bond donors (Lipinski definition) is 1. The Labute approximate surface area is 182 Å². The smallest absolute Gasteiger partial charge is 0.257 e. The molecule has 1 heterocycles. The van der Waals surface area contributed by atoms with E-state index >= 15 is 0 Å². The minimum atomic E-state index is -0.343. The van der Waals surface area contributed by atoms with Gasteiger partial charge < -0.3 is 24.4 Å². The molecule has 6 heteroatoms. The van der Waals surface area contributed by atoms with E-state index in [0.29, 0.717) is 23.6 Å². The van der Waals surface area contributed by atoms with Crippen LogP contribution in [0.15, 0.2) is 66.7 Å². The molecule has 0 spiro atoms. The Morgan fingerprint density at radius 1 is 0.839 bits per heavy atom. The zero-order valence-corrected chi connectivity index (χ0v) is 17.9. The van der Waals surface area contributed by atoms with Crippen molar-refractivity contribution in [2.45, 2.75) is 12.6 Å². The standard InChI is InChI=1S/C25H26N2O4/c1-29-19-10-8-17(9-11-19)12-13-27-24(18-14-20(30-2)16-21(15-18)31-3)26-23-7-5-4-6-22(23)25(27)28/h4-11,14-16,24,26H,12-13H2,1-3H3/t24-/m0/s1. The van der Waals surface area contributed by atoms with Crippen molar-refractivity contribution < 1.29 is 19.0 Å². The fraction of sp³-hybridized carbons (Fsp3) is 0.240. The van der Waals surface area contributed by atoms with Gasteiger partial charge in [-0.05, 0) is 48.4 Å². The van der Waals surface area contributed by atoms with Gasteiger partial charge in [-0.25, -0.2) is 0 Å². The van der Waals surface area contributed by atoms with Gasteiger partial charge in [0.25, 0.3) is 5.91 Å². The van der Waals surface area contributed by atoms with Gasteiger partial charge in [0.15, 0.2) is 0 Å². The molecule has 4 rings (SSSR count). The van der Waals surface area contributed by atoms with Gasteiger partial charge in [0, 0.05) is 23.9 Å². The predicted octanol–water partition coefficient (Wildman–Crippen LogP) is 4.52. The summed E-state index contributed by atoms with van der Waals surface area (Å²) in [6.07, 6.45) is 0.377. The third kappa shape index (κ3) is 4.28. The van der Waals surface area contributed by atoms with Crippen molar-refractivity contribution in [3.63, 3.8) is 0 Å². The lowest BCUT2D eigenvalue weighted by molar-refractivity contribution is 0.0685. The van der Waals surface area contributed by atoms with E-state index in [4.69, 9.17) is 14.2 Å². The van der Waals surface area contributed by atoms with Gasteiger partial charge in [0.05, 0.1) is 26.9 Å². The van der Waals surface area contributed by atoms with Crippen LogP contribution in [0.4, 0.5) is 5.69 Å². The van der Waals surface area contributed by atoms with Gasteiger partial charge in [-0.2, -0.15) is 0 Å². The first kappa shape index (κ1) is 20.6. The first-order valence-corrected chi connectivity index (χ1v) is 10.2. The number of methoxy groups -OCH3 is 3. The van der Waals surface area contributed by atoms with E-state index in [1.807, 2.05) is 71.6 Å². The highest BCUT2D eigenvalue weighted by atomic mass is 16.5. The lowest BCUT2D eigenvalue weighted by Crippen LogP contribution is -2.44. The maximum atomic E-state index is 13.4. The van der Waals surface area contributed by atoms with Crippen LogP contribution in [-0.4, -0.2) is 38.7 Å². The molecule has 1 aliphatic rings. The monoisotopic (exact) mass is 418 g/mol. The number of rotatable bonds is 7. The van der Waals surface area contributed by atoms with Gasteiger partial charge in [-0.15, -0.1) is 0 Å². The molecule has 160 valence electrons. The Balaban J connectivity index is 1.67. The van der Waals surface area contributed by atoms with Crippen molar-refractivity contribution in [1.82, 2.24) is 4.90 Å². The topological polar surface area (TPSA) is 60.0 Å². The molecule has 3 aromatic rings. The number of benzene rings is 3. The van der Waals surface area contributed by atoms with E-state index in [1.54, 1.807) is 21.3 Å². The molecule has 0 saturated heterocycles.